The zero-order chi connectivity index (χ0) is 25.1. The number of methoxy groups -OCH3 is 2. The Morgan fingerprint density at radius 1 is 0.972 bits per heavy atom. The number of hydrogen-bond donors (Lipinski definition) is 2. The van der Waals surface area contributed by atoms with E-state index in [4.69, 9.17) is 9.47 Å². The van der Waals surface area contributed by atoms with E-state index in [1.807, 2.05) is 47.8 Å². The summed E-state index contributed by atoms with van der Waals surface area (Å²) in [7, 11) is 3.02. The van der Waals surface area contributed by atoms with Crippen molar-refractivity contribution in [2.75, 3.05) is 19.5 Å². The van der Waals surface area contributed by atoms with E-state index in [2.05, 4.69) is 20.4 Å². The van der Waals surface area contributed by atoms with Crippen LogP contribution in [0.3, 0.4) is 0 Å². The van der Waals surface area contributed by atoms with E-state index < -0.39 is 5.91 Å². The number of carbonyl (C=O) groups is 1. The Balaban J connectivity index is 1.59. The zero-order valence-electron chi connectivity index (χ0n) is 19.4. The highest BCUT2D eigenvalue weighted by molar-refractivity contribution is 7.13. The van der Waals surface area contributed by atoms with E-state index in [-0.39, 0.29) is 11.5 Å². The molecule has 0 fully saturated rings. The molecule has 0 unspecified atom stereocenters. The molecule has 3 aromatic heterocycles. The van der Waals surface area contributed by atoms with E-state index in [0.29, 0.717) is 34.3 Å². The topological polar surface area (TPSA) is 111 Å². The first-order valence-corrected chi connectivity index (χ1v) is 11.8. The molecular weight excluding hydrogens is 478 g/mol. The van der Waals surface area contributed by atoms with Gasteiger partial charge in [0, 0.05) is 23.8 Å². The van der Waals surface area contributed by atoms with E-state index in [9.17, 15) is 9.59 Å². The lowest BCUT2D eigenvalue weighted by molar-refractivity contribution is 0.102. The minimum atomic E-state index is -0.421. The quantitative estimate of drug-likeness (QED) is 0.338. The fourth-order valence-corrected chi connectivity index (χ4v) is 4.33. The molecule has 0 atom stereocenters. The van der Waals surface area contributed by atoms with Crippen molar-refractivity contribution in [2.24, 2.45) is 0 Å². The molecule has 0 bridgehead atoms. The first-order valence-electron chi connectivity index (χ1n) is 10.9. The largest absolute Gasteiger partial charge is 0.497 e. The molecule has 2 N–H and O–H groups in total. The number of anilines is 1. The molecule has 0 aliphatic heterocycles. The van der Waals surface area contributed by atoms with Crippen LogP contribution in [0.5, 0.6) is 11.5 Å². The third-order valence-corrected chi connectivity index (χ3v) is 6.27. The Bertz CT molecular complexity index is 1580. The van der Waals surface area contributed by atoms with Crippen molar-refractivity contribution in [1.82, 2.24) is 19.7 Å². The second-order valence-corrected chi connectivity index (χ2v) is 8.59. The number of thiophene rings is 1. The smallest absolute Gasteiger partial charge is 0.260 e. The van der Waals surface area contributed by atoms with Gasteiger partial charge in [0.05, 0.1) is 30.4 Å². The van der Waals surface area contributed by atoms with Crippen LogP contribution in [0.15, 0.2) is 83.0 Å². The molecule has 10 heteroatoms. The van der Waals surface area contributed by atoms with Gasteiger partial charge in [0.15, 0.2) is 0 Å². The van der Waals surface area contributed by atoms with Gasteiger partial charge in [0.25, 0.3) is 11.5 Å². The third kappa shape index (κ3) is 4.62. The summed E-state index contributed by atoms with van der Waals surface area (Å²) in [5, 5.41) is 9.46. The summed E-state index contributed by atoms with van der Waals surface area (Å²) in [4.78, 5) is 34.1. The predicted molar refractivity (Wildman–Crippen MR) is 138 cm³/mol. The summed E-state index contributed by atoms with van der Waals surface area (Å²) in [6.07, 6.45) is 0. The van der Waals surface area contributed by atoms with Crippen LogP contribution in [0.1, 0.15) is 10.4 Å². The number of amides is 1. The van der Waals surface area contributed by atoms with E-state index >= 15 is 0 Å². The first kappa shape index (κ1) is 23.1. The maximum atomic E-state index is 13.3. The SMILES string of the molecule is COc1ccc(C(=O)Nc2cc(-c3cccs3)nn2-c2nc(-c3ccccc3)cc(=O)[nH]2)c(OC)c1. The number of ether oxygens (including phenoxy) is 2. The Morgan fingerprint density at radius 2 is 1.81 bits per heavy atom. The van der Waals surface area contributed by atoms with Gasteiger partial charge >= 0.3 is 0 Å². The molecule has 36 heavy (non-hydrogen) atoms. The van der Waals surface area contributed by atoms with Crippen molar-refractivity contribution in [3.8, 4) is 39.3 Å². The molecule has 0 saturated carbocycles. The van der Waals surface area contributed by atoms with Crippen LogP contribution in [0.4, 0.5) is 5.82 Å². The van der Waals surface area contributed by atoms with Crippen molar-refractivity contribution in [3.63, 3.8) is 0 Å². The molecule has 0 aliphatic carbocycles. The molecule has 0 radical (unpaired) electrons. The minimum absolute atomic E-state index is 0.168. The van der Waals surface area contributed by atoms with Crippen molar-refractivity contribution in [3.05, 3.63) is 94.1 Å². The van der Waals surface area contributed by atoms with Crippen LogP contribution in [-0.2, 0) is 0 Å². The molecule has 9 nitrogen and oxygen atoms in total. The molecule has 180 valence electrons. The number of aromatic amines is 1. The van der Waals surface area contributed by atoms with Gasteiger partial charge in [-0.05, 0) is 23.6 Å². The van der Waals surface area contributed by atoms with Gasteiger partial charge in [-0.2, -0.15) is 9.78 Å². The fraction of sp³-hybridized carbons (Fsp3) is 0.0769. The number of nitrogens with zero attached hydrogens (tertiary/aromatic N) is 3. The van der Waals surface area contributed by atoms with Gasteiger partial charge in [0.1, 0.15) is 23.0 Å². The van der Waals surface area contributed by atoms with E-state index in [1.54, 1.807) is 24.3 Å². The molecule has 5 rings (SSSR count). The molecule has 3 heterocycles. The predicted octanol–water partition coefficient (Wildman–Crippen LogP) is 4.62. The number of nitrogens with one attached hydrogen (secondary N) is 2. The molecule has 5 aromatic rings. The summed E-state index contributed by atoms with van der Waals surface area (Å²) in [5.74, 6) is 0.993. The van der Waals surface area contributed by atoms with Crippen LogP contribution in [0.2, 0.25) is 0 Å². The maximum Gasteiger partial charge on any atom is 0.260 e. The number of hydrogen-bond acceptors (Lipinski definition) is 7. The normalized spacial score (nSPS) is 10.7. The standard InChI is InChI=1S/C26H21N5O4S/c1-34-17-10-11-18(21(13-17)35-2)25(33)28-23-14-20(22-9-6-12-36-22)30-31(23)26-27-19(15-24(32)29-26)16-7-4-3-5-8-16/h3-15H,1-2H3,(H,28,33)(H,27,29,32). The lowest BCUT2D eigenvalue weighted by Gasteiger charge is -2.12. The van der Waals surface area contributed by atoms with Gasteiger partial charge in [-0.15, -0.1) is 11.3 Å². The van der Waals surface area contributed by atoms with Crippen LogP contribution < -0.4 is 20.3 Å². The Labute approximate surface area is 210 Å². The molecule has 0 spiro atoms. The van der Waals surface area contributed by atoms with Gasteiger partial charge in [-0.3, -0.25) is 14.6 Å². The summed E-state index contributed by atoms with van der Waals surface area (Å²) in [6, 6.07) is 21.3. The summed E-state index contributed by atoms with van der Waals surface area (Å²) < 4.78 is 12.0. The molecule has 0 saturated heterocycles. The van der Waals surface area contributed by atoms with Gasteiger partial charge in [0.2, 0.25) is 5.95 Å². The minimum Gasteiger partial charge on any atom is -0.497 e. The van der Waals surface area contributed by atoms with Crippen LogP contribution in [0.25, 0.3) is 27.8 Å². The van der Waals surface area contributed by atoms with Gasteiger partial charge < -0.3 is 14.8 Å². The molecular formula is C26H21N5O4S. The van der Waals surface area contributed by atoms with Crippen molar-refractivity contribution >= 4 is 23.1 Å². The summed E-state index contributed by atoms with van der Waals surface area (Å²) in [6.45, 7) is 0. The van der Waals surface area contributed by atoms with Crippen LogP contribution in [0, 0.1) is 0 Å². The number of aromatic nitrogens is 4. The average Bonchev–Trinajstić information content (AvgIpc) is 3.59. The van der Waals surface area contributed by atoms with Crippen molar-refractivity contribution < 1.29 is 14.3 Å². The Kier molecular flexibility index (Phi) is 6.33. The number of benzene rings is 2. The highest BCUT2D eigenvalue weighted by Crippen LogP contribution is 2.29. The molecule has 1 amide bonds. The van der Waals surface area contributed by atoms with Crippen molar-refractivity contribution in [2.45, 2.75) is 0 Å². The molecule has 2 aromatic carbocycles. The number of rotatable bonds is 7. The highest BCUT2D eigenvalue weighted by atomic mass is 32.1. The Hall–Kier alpha value is -4.70. The second-order valence-electron chi connectivity index (χ2n) is 7.64. The summed E-state index contributed by atoms with van der Waals surface area (Å²) >= 11 is 1.51. The van der Waals surface area contributed by atoms with Crippen LogP contribution >= 0.6 is 11.3 Å². The van der Waals surface area contributed by atoms with E-state index in [1.165, 1.54) is 36.3 Å². The Morgan fingerprint density at radius 3 is 2.53 bits per heavy atom. The average molecular weight is 500 g/mol. The monoisotopic (exact) mass is 499 g/mol. The third-order valence-electron chi connectivity index (χ3n) is 5.38. The number of H-pyrrole nitrogens is 1. The zero-order valence-corrected chi connectivity index (χ0v) is 20.2. The first-order chi connectivity index (χ1) is 17.6. The van der Waals surface area contributed by atoms with Gasteiger partial charge in [-0.1, -0.05) is 36.4 Å². The lowest BCUT2D eigenvalue weighted by atomic mass is 10.1. The van der Waals surface area contributed by atoms with Gasteiger partial charge in [-0.25, -0.2) is 4.98 Å². The maximum absolute atomic E-state index is 13.3. The fourth-order valence-electron chi connectivity index (χ4n) is 3.65. The number of carbonyl (C=O) groups excluding carboxylic acids is 1. The lowest BCUT2D eigenvalue weighted by Crippen LogP contribution is -2.19. The van der Waals surface area contributed by atoms with Crippen molar-refractivity contribution in [1.29, 1.82) is 0 Å². The van der Waals surface area contributed by atoms with E-state index in [0.717, 1.165) is 10.4 Å². The second kappa shape index (κ2) is 9.88. The van der Waals surface area contributed by atoms with Crippen LogP contribution in [-0.4, -0.2) is 39.9 Å². The highest BCUT2D eigenvalue weighted by Gasteiger charge is 2.20. The summed E-state index contributed by atoms with van der Waals surface area (Å²) in [5.41, 5.74) is 1.85. The molecule has 0 aliphatic rings.